The summed E-state index contributed by atoms with van der Waals surface area (Å²) in [6.45, 7) is 0.984. The largest absolute Gasteiger partial charge is 0.573 e. The van der Waals surface area contributed by atoms with Crippen molar-refractivity contribution in [1.29, 1.82) is 0 Å². The topological polar surface area (TPSA) is 70.1 Å². The highest BCUT2D eigenvalue weighted by atomic mass is 19.4. The van der Waals surface area contributed by atoms with E-state index < -0.39 is 23.9 Å². The summed E-state index contributed by atoms with van der Waals surface area (Å²) in [7, 11) is 0. The number of hydrogen-bond acceptors (Lipinski definition) is 5. The number of piperidine rings is 1. The standard InChI is InChI=1S/C23H21F3N2O4/c24-23(25,26)32-18-10-8-17(9-11-18)28-21(30)19(16-6-2-1-3-7-16)20(22(28)31)27-12-4-5-15(13-27)14-29/h1-3,6-11,15,29H,4-5,12-14H2. The van der Waals surface area contributed by atoms with Crippen LogP contribution in [-0.4, -0.2) is 47.9 Å². The molecule has 1 saturated heterocycles. The van der Waals surface area contributed by atoms with E-state index in [2.05, 4.69) is 4.74 Å². The monoisotopic (exact) mass is 446 g/mol. The number of rotatable bonds is 5. The van der Waals surface area contributed by atoms with Crippen LogP contribution >= 0.6 is 0 Å². The molecule has 2 aliphatic heterocycles. The predicted molar refractivity (Wildman–Crippen MR) is 110 cm³/mol. The van der Waals surface area contributed by atoms with Crippen molar-refractivity contribution >= 4 is 23.1 Å². The van der Waals surface area contributed by atoms with Crippen LogP contribution in [0, 0.1) is 5.92 Å². The van der Waals surface area contributed by atoms with Gasteiger partial charge >= 0.3 is 6.36 Å². The van der Waals surface area contributed by atoms with Crippen LogP contribution in [0.15, 0.2) is 60.3 Å². The molecule has 6 nitrogen and oxygen atoms in total. The number of benzene rings is 2. The summed E-state index contributed by atoms with van der Waals surface area (Å²) in [6.07, 6.45) is -3.25. The maximum Gasteiger partial charge on any atom is 0.573 e. The van der Waals surface area contributed by atoms with Gasteiger partial charge in [0.2, 0.25) is 0 Å². The lowest BCUT2D eigenvalue weighted by Gasteiger charge is -2.34. The second-order valence-corrected chi connectivity index (χ2v) is 7.71. The molecule has 0 aliphatic carbocycles. The SMILES string of the molecule is O=C1C(c2ccccc2)=C(N2CCCC(CO)C2)C(=O)N1c1ccc(OC(F)(F)F)cc1. The summed E-state index contributed by atoms with van der Waals surface area (Å²) in [6, 6.07) is 13.4. The first kappa shape index (κ1) is 21.9. The Hall–Kier alpha value is -3.33. The average molecular weight is 446 g/mol. The van der Waals surface area contributed by atoms with Crippen LogP contribution in [0.2, 0.25) is 0 Å². The quantitative estimate of drug-likeness (QED) is 0.712. The number of amides is 2. The van der Waals surface area contributed by atoms with Crippen LogP contribution in [0.1, 0.15) is 18.4 Å². The van der Waals surface area contributed by atoms with Crippen molar-refractivity contribution in [3.63, 3.8) is 0 Å². The fourth-order valence-electron chi connectivity index (χ4n) is 4.13. The van der Waals surface area contributed by atoms with Crippen LogP contribution < -0.4 is 9.64 Å². The Bertz CT molecular complexity index is 1040. The first-order chi connectivity index (χ1) is 15.3. The molecule has 0 spiro atoms. The molecule has 1 fully saturated rings. The highest BCUT2D eigenvalue weighted by molar-refractivity contribution is 6.45. The van der Waals surface area contributed by atoms with E-state index in [0.29, 0.717) is 18.7 Å². The zero-order valence-corrected chi connectivity index (χ0v) is 17.0. The smallest absolute Gasteiger partial charge is 0.406 e. The Balaban J connectivity index is 1.71. The molecular weight excluding hydrogens is 425 g/mol. The van der Waals surface area contributed by atoms with Gasteiger partial charge < -0.3 is 14.7 Å². The zero-order chi connectivity index (χ0) is 22.9. The fraction of sp³-hybridized carbons (Fsp3) is 0.304. The number of anilines is 1. The Kier molecular flexibility index (Phi) is 5.92. The van der Waals surface area contributed by atoms with Gasteiger partial charge in [0.1, 0.15) is 11.4 Å². The summed E-state index contributed by atoms with van der Waals surface area (Å²) < 4.78 is 41.2. The van der Waals surface area contributed by atoms with E-state index in [1.807, 2.05) is 4.90 Å². The van der Waals surface area contributed by atoms with E-state index in [1.54, 1.807) is 30.3 Å². The van der Waals surface area contributed by atoms with E-state index in [9.17, 15) is 27.9 Å². The lowest BCUT2D eigenvalue weighted by atomic mass is 9.97. The van der Waals surface area contributed by atoms with E-state index in [0.717, 1.165) is 29.9 Å². The van der Waals surface area contributed by atoms with Crippen molar-refractivity contribution in [2.24, 2.45) is 5.92 Å². The van der Waals surface area contributed by atoms with Crippen LogP contribution in [0.3, 0.4) is 0 Å². The maximum atomic E-state index is 13.4. The van der Waals surface area contributed by atoms with Gasteiger partial charge in [-0.1, -0.05) is 30.3 Å². The van der Waals surface area contributed by atoms with E-state index in [1.165, 1.54) is 12.1 Å². The molecule has 2 heterocycles. The molecule has 2 aliphatic rings. The Morgan fingerprint density at radius 3 is 2.31 bits per heavy atom. The van der Waals surface area contributed by atoms with Crippen molar-refractivity contribution in [1.82, 2.24) is 4.90 Å². The molecule has 4 rings (SSSR count). The highest BCUT2D eigenvalue weighted by Gasteiger charge is 2.43. The molecule has 0 aromatic heterocycles. The van der Waals surface area contributed by atoms with Crippen LogP contribution in [-0.2, 0) is 9.59 Å². The molecule has 168 valence electrons. The molecule has 2 amide bonds. The molecule has 1 N–H and O–H groups in total. The Morgan fingerprint density at radius 1 is 1.00 bits per heavy atom. The lowest BCUT2D eigenvalue weighted by Crippen LogP contribution is -2.40. The Morgan fingerprint density at radius 2 is 1.69 bits per heavy atom. The second kappa shape index (κ2) is 8.66. The van der Waals surface area contributed by atoms with Crippen molar-refractivity contribution in [2.45, 2.75) is 19.2 Å². The summed E-state index contributed by atoms with van der Waals surface area (Å²) in [4.78, 5) is 29.6. The van der Waals surface area contributed by atoms with Crippen molar-refractivity contribution < 1.29 is 32.6 Å². The molecule has 1 atom stereocenters. The first-order valence-corrected chi connectivity index (χ1v) is 10.2. The molecule has 0 radical (unpaired) electrons. The number of halogens is 3. The third kappa shape index (κ3) is 4.34. The first-order valence-electron chi connectivity index (χ1n) is 10.2. The summed E-state index contributed by atoms with van der Waals surface area (Å²) in [5.74, 6) is -1.55. The van der Waals surface area contributed by atoms with Gasteiger partial charge in [-0.15, -0.1) is 13.2 Å². The molecule has 32 heavy (non-hydrogen) atoms. The van der Waals surface area contributed by atoms with Crippen LogP contribution in [0.4, 0.5) is 18.9 Å². The van der Waals surface area contributed by atoms with Crippen molar-refractivity contribution in [3.05, 3.63) is 65.9 Å². The van der Waals surface area contributed by atoms with Gasteiger partial charge in [0, 0.05) is 19.7 Å². The number of aliphatic hydroxyl groups excluding tert-OH is 1. The minimum atomic E-state index is -4.84. The van der Waals surface area contributed by atoms with Crippen LogP contribution in [0.5, 0.6) is 5.75 Å². The summed E-state index contributed by atoms with van der Waals surface area (Å²) in [5.41, 5.74) is 1.21. The van der Waals surface area contributed by atoms with Gasteiger partial charge in [-0.25, -0.2) is 4.90 Å². The number of ether oxygens (including phenoxy) is 1. The minimum absolute atomic E-state index is 0.0102. The summed E-state index contributed by atoms with van der Waals surface area (Å²) in [5, 5.41) is 9.59. The molecule has 0 saturated carbocycles. The Labute approximate surface area is 182 Å². The second-order valence-electron chi connectivity index (χ2n) is 7.71. The van der Waals surface area contributed by atoms with E-state index in [-0.39, 0.29) is 29.5 Å². The van der Waals surface area contributed by atoms with Crippen molar-refractivity contribution in [3.8, 4) is 5.75 Å². The maximum absolute atomic E-state index is 13.4. The molecule has 2 aromatic rings. The number of carbonyl (C=O) groups excluding carboxylic acids is 2. The van der Waals surface area contributed by atoms with Crippen LogP contribution in [0.25, 0.3) is 5.57 Å². The minimum Gasteiger partial charge on any atom is -0.406 e. The molecule has 0 bridgehead atoms. The number of nitrogens with zero attached hydrogens (tertiary/aromatic N) is 2. The number of carbonyl (C=O) groups is 2. The lowest BCUT2D eigenvalue weighted by molar-refractivity contribution is -0.274. The van der Waals surface area contributed by atoms with Gasteiger partial charge in [-0.05, 0) is 48.6 Å². The summed E-state index contributed by atoms with van der Waals surface area (Å²) >= 11 is 0. The number of alkyl halides is 3. The number of imide groups is 1. The third-order valence-corrected chi connectivity index (χ3v) is 5.54. The zero-order valence-electron chi connectivity index (χ0n) is 17.0. The number of likely N-dealkylation sites (tertiary alicyclic amines) is 1. The van der Waals surface area contributed by atoms with Crippen molar-refractivity contribution in [2.75, 3.05) is 24.6 Å². The fourth-order valence-corrected chi connectivity index (χ4v) is 4.13. The predicted octanol–water partition coefficient (Wildman–Crippen LogP) is 3.57. The van der Waals surface area contributed by atoms with E-state index >= 15 is 0 Å². The normalized spacial score (nSPS) is 19.7. The van der Waals surface area contributed by atoms with Gasteiger partial charge in [-0.3, -0.25) is 9.59 Å². The van der Waals surface area contributed by atoms with Gasteiger partial charge in [0.25, 0.3) is 11.8 Å². The molecule has 9 heteroatoms. The van der Waals surface area contributed by atoms with E-state index in [4.69, 9.17) is 0 Å². The number of hydrogen-bond donors (Lipinski definition) is 1. The highest BCUT2D eigenvalue weighted by Crippen LogP contribution is 2.37. The van der Waals surface area contributed by atoms with Gasteiger partial charge in [-0.2, -0.15) is 0 Å². The molecule has 1 unspecified atom stereocenters. The third-order valence-electron chi connectivity index (χ3n) is 5.54. The van der Waals surface area contributed by atoms with Gasteiger partial charge in [0.15, 0.2) is 0 Å². The molecular formula is C23H21F3N2O4. The molecule has 2 aromatic carbocycles. The number of aliphatic hydroxyl groups is 1. The average Bonchev–Trinajstić information content (AvgIpc) is 3.04. The van der Waals surface area contributed by atoms with Gasteiger partial charge in [0.05, 0.1) is 11.3 Å².